The van der Waals surface area contributed by atoms with Crippen molar-refractivity contribution in [3.8, 4) is 0 Å². The predicted molar refractivity (Wildman–Crippen MR) is 96.0 cm³/mol. The van der Waals surface area contributed by atoms with Gasteiger partial charge in [0.1, 0.15) is 0 Å². The number of benzene rings is 2. The van der Waals surface area contributed by atoms with Crippen molar-refractivity contribution in [2.45, 2.75) is 26.4 Å². The van der Waals surface area contributed by atoms with E-state index < -0.39 is 0 Å². The number of aromatic amines is 1. The second-order valence-corrected chi connectivity index (χ2v) is 6.30. The van der Waals surface area contributed by atoms with Gasteiger partial charge in [-0.25, -0.2) is 0 Å². The molecule has 3 nitrogen and oxygen atoms in total. The van der Waals surface area contributed by atoms with Crippen molar-refractivity contribution in [1.82, 2.24) is 10.3 Å². The minimum atomic E-state index is -0.0443. The number of halogens is 1. The average molecular weight is 327 g/mol. The van der Waals surface area contributed by atoms with Crippen molar-refractivity contribution in [1.29, 1.82) is 0 Å². The van der Waals surface area contributed by atoms with E-state index in [9.17, 15) is 4.79 Å². The number of hydrogen-bond donors (Lipinski definition) is 2. The van der Waals surface area contributed by atoms with E-state index in [1.54, 1.807) is 0 Å². The van der Waals surface area contributed by atoms with E-state index in [4.69, 9.17) is 11.6 Å². The van der Waals surface area contributed by atoms with Gasteiger partial charge in [0.15, 0.2) is 0 Å². The van der Waals surface area contributed by atoms with E-state index in [0.717, 1.165) is 27.1 Å². The van der Waals surface area contributed by atoms with Gasteiger partial charge in [0.2, 0.25) is 0 Å². The Morgan fingerprint density at radius 3 is 2.61 bits per heavy atom. The number of fused-ring (bicyclic) bond motifs is 1. The number of H-pyrrole nitrogens is 1. The molecule has 118 valence electrons. The number of aryl methyl sites for hydroxylation is 1. The number of aromatic nitrogens is 1. The van der Waals surface area contributed by atoms with Crippen molar-refractivity contribution in [2.24, 2.45) is 0 Å². The first-order chi connectivity index (χ1) is 11.0. The van der Waals surface area contributed by atoms with Crippen molar-refractivity contribution < 1.29 is 0 Å². The van der Waals surface area contributed by atoms with Crippen molar-refractivity contribution in [3.05, 3.63) is 80.6 Å². The summed E-state index contributed by atoms with van der Waals surface area (Å²) in [4.78, 5) is 15.1. The molecule has 3 aromatic rings. The molecule has 1 heterocycles. The van der Waals surface area contributed by atoms with Crippen LogP contribution >= 0.6 is 11.6 Å². The Hall–Kier alpha value is -2.10. The molecule has 1 unspecified atom stereocenters. The second-order valence-electron chi connectivity index (χ2n) is 5.87. The molecule has 0 aliphatic rings. The largest absolute Gasteiger partial charge is 0.322 e. The molecule has 23 heavy (non-hydrogen) atoms. The molecule has 2 N–H and O–H groups in total. The van der Waals surface area contributed by atoms with Crippen LogP contribution in [0.5, 0.6) is 0 Å². The van der Waals surface area contributed by atoms with Crippen LogP contribution in [-0.4, -0.2) is 4.98 Å². The van der Waals surface area contributed by atoms with Crippen LogP contribution < -0.4 is 10.9 Å². The fraction of sp³-hybridized carbons (Fsp3) is 0.211. The summed E-state index contributed by atoms with van der Waals surface area (Å²) < 4.78 is 0. The molecule has 0 aliphatic heterocycles. The third-order valence-electron chi connectivity index (χ3n) is 4.05. The zero-order valence-electron chi connectivity index (χ0n) is 13.2. The maximum atomic E-state index is 12.2. The van der Waals surface area contributed by atoms with Crippen LogP contribution in [-0.2, 0) is 6.54 Å². The Kier molecular flexibility index (Phi) is 4.51. The summed E-state index contributed by atoms with van der Waals surface area (Å²) in [5.74, 6) is 0. The fourth-order valence-electron chi connectivity index (χ4n) is 2.63. The lowest BCUT2D eigenvalue weighted by molar-refractivity contribution is 0.572. The van der Waals surface area contributed by atoms with Crippen molar-refractivity contribution in [2.75, 3.05) is 0 Å². The molecule has 0 fully saturated rings. The van der Waals surface area contributed by atoms with Gasteiger partial charge < -0.3 is 10.3 Å². The monoisotopic (exact) mass is 326 g/mol. The molecular weight excluding hydrogens is 308 g/mol. The summed E-state index contributed by atoms with van der Waals surface area (Å²) in [6, 6.07) is 15.9. The van der Waals surface area contributed by atoms with Crippen LogP contribution in [0.2, 0.25) is 5.02 Å². The van der Waals surface area contributed by atoms with E-state index in [1.165, 1.54) is 5.56 Å². The minimum Gasteiger partial charge on any atom is -0.322 e. The van der Waals surface area contributed by atoms with Crippen LogP contribution in [0.1, 0.15) is 29.7 Å². The van der Waals surface area contributed by atoms with E-state index in [-0.39, 0.29) is 11.6 Å². The highest BCUT2D eigenvalue weighted by atomic mass is 35.5. The Morgan fingerprint density at radius 2 is 1.87 bits per heavy atom. The number of pyridine rings is 1. The lowest BCUT2D eigenvalue weighted by Crippen LogP contribution is -2.23. The SMILES string of the molecule is Cc1ccc2[nH]c(=O)c(CNC(C)c3ccc(Cl)cc3)cc2c1. The van der Waals surface area contributed by atoms with E-state index >= 15 is 0 Å². The molecule has 0 radical (unpaired) electrons. The first-order valence-electron chi connectivity index (χ1n) is 7.64. The van der Waals surface area contributed by atoms with E-state index in [1.807, 2.05) is 49.4 Å². The summed E-state index contributed by atoms with van der Waals surface area (Å²) in [6.45, 7) is 4.64. The van der Waals surface area contributed by atoms with Gasteiger partial charge in [0.25, 0.3) is 5.56 Å². The number of nitrogens with one attached hydrogen (secondary N) is 2. The van der Waals surface area contributed by atoms with Gasteiger partial charge in [0, 0.05) is 28.7 Å². The van der Waals surface area contributed by atoms with Gasteiger partial charge in [-0.3, -0.25) is 4.79 Å². The first kappa shape index (κ1) is 15.8. The maximum Gasteiger partial charge on any atom is 0.252 e. The topological polar surface area (TPSA) is 44.9 Å². The molecule has 4 heteroatoms. The second kappa shape index (κ2) is 6.57. The highest BCUT2D eigenvalue weighted by Crippen LogP contribution is 2.17. The van der Waals surface area contributed by atoms with Crippen molar-refractivity contribution in [3.63, 3.8) is 0 Å². The zero-order chi connectivity index (χ0) is 16.4. The van der Waals surface area contributed by atoms with Crippen LogP contribution in [0.4, 0.5) is 0 Å². The lowest BCUT2D eigenvalue weighted by atomic mass is 10.1. The first-order valence-corrected chi connectivity index (χ1v) is 8.02. The molecular formula is C19H19ClN2O. The summed E-state index contributed by atoms with van der Waals surface area (Å²) in [7, 11) is 0. The molecule has 0 aliphatic carbocycles. The normalized spacial score (nSPS) is 12.5. The molecule has 2 aromatic carbocycles. The van der Waals surface area contributed by atoms with Gasteiger partial charge >= 0.3 is 0 Å². The number of hydrogen-bond acceptors (Lipinski definition) is 2. The van der Waals surface area contributed by atoms with E-state index in [2.05, 4.69) is 23.3 Å². The Balaban J connectivity index is 1.79. The van der Waals surface area contributed by atoms with Gasteiger partial charge in [-0.15, -0.1) is 0 Å². The van der Waals surface area contributed by atoms with Gasteiger partial charge in [-0.05, 0) is 55.1 Å². The van der Waals surface area contributed by atoms with Crippen LogP contribution in [0.3, 0.4) is 0 Å². The van der Waals surface area contributed by atoms with Crippen LogP contribution in [0.25, 0.3) is 10.9 Å². The zero-order valence-corrected chi connectivity index (χ0v) is 13.9. The molecule has 3 rings (SSSR count). The van der Waals surface area contributed by atoms with E-state index in [0.29, 0.717) is 6.54 Å². The highest BCUT2D eigenvalue weighted by Gasteiger charge is 2.08. The molecule has 0 spiro atoms. The third kappa shape index (κ3) is 3.63. The molecule has 1 atom stereocenters. The molecule has 0 bridgehead atoms. The highest BCUT2D eigenvalue weighted by molar-refractivity contribution is 6.30. The van der Waals surface area contributed by atoms with Crippen LogP contribution in [0, 0.1) is 6.92 Å². The Labute approximate surface area is 140 Å². The number of rotatable bonds is 4. The predicted octanol–water partition coefficient (Wildman–Crippen LogP) is 4.34. The Morgan fingerprint density at radius 1 is 1.13 bits per heavy atom. The van der Waals surface area contributed by atoms with Gasteiger partial charge in [0.05, 0.1) is 0 Å². The lowest BCUT2D eigenvalue weighted by Gasteiger charge is -2.14. The molecule has 0 amide bonds. The summed E-state index contributed by atoms with van der Waals surface area (Å²) in [5, 5.41) is 5.17. The summed E-state index contributed by atoms with van der Waals surface area (Å²) >= 11 is 5.91. The quantitative estimate of drug-likeness (QED) is 0.749. The summed E-state index contributed by atoms with van der Waals surface area (Å²) in [5.41, 5.74) is 3.89. The van der Waals surface area contributed by atoms with Gasteiger partial charge in [-0.2, -0.15) is 0 Å². The molecule has 0 saturated carbocycles. The van der Waals surface area contributed by atoms with Crippen LogP contribution in [0.15, 0.2) is 53.3 Å². The average Bonchev–Trinajstić information content (AvgIpc) is 2.53. The Bertz CT molecular complexity index is 884. The third-order valence-corrected chi connectivity index (χ3v) is 4.30. The molecule has 1 aromatic heterocycles. The standard InChI is InChI=1S/C19H19ClN2O/c1-12-3-8-18-15(9-12)10-16(19(23)22-18)11-21-13(2)14-4-6-17(20)7-5-14/h3-10,13,21H,11H2,1-2H3,(H,22,23). The smallest absolute Gasteiger partial charge is 0.252 e. The molecule has 0 saturated heterocycles. The van der Waals surface area contributed by atoms with Crippen molar-refractivity contribution >= 4 is 22.5 Å². The van der Waals surface area contributed by atoms with Gasteiger partial charge in [-0.1, -0.05) is 35.4 Å². The minimum absolute atomic E-state index is 0.0443. The summed E-state index contributed by atoms with van der Waals surface area (Å²) in [6.07, 6.45) is 0. The fourth-order valence-corrected chi connectivity index (χ4v) is 2.76. The maximum absolute atomic E-state index is 12.2.